The number of carbonyl (C=O) groups is 1. The Labute approximate surface area is 144 Å². The molecule has 0 atom stereocenters. The van der Waals surface area contributed by atoms with Gasteiger partial charge in [-0.05, 0) is 48.5 Å². The second-order valence-corrected chi connectivity index (χ2v) is 5.45. The normalized spacial score (nSPS) is 10.2. The number of phenolic OH excluding ortho intramolecular Hbond substituents is 2. The molecule has 0 unspecified atom stereocenters. The van der Waals surface area contributed by atoms with Crippen LogP contribution < -0.4 is 16.4 Å². The molecule has 0 saturated heterocycles. The molecule has 3 rings (SSSR count). The van der Waals surface area contributed by atoms with E-state index in [1.165, 1.54) is 12.1 Å². The van der Waals surface area contributed by atoms with E-state index in [9.17, 15) is 15.0 Å². The van der Waals surface area contributed by atoms with E-state index in [1.54, 1.807) is 48.5 Å². The summed E-state index contributed by atoms with van der Waals surface area (Å²) in [4.78, 5) is 12.2. The Morgan fingerprint density at radius 1 is 0.840 bits per heavy atom. The third kappa shape index (κ3) is 3.81. The third-order valence-electron chi connectivity index (χ3n) is 3.60. The molecule has 0 bridgehead atoms. The van der Waals surface area contributed by atoms with Crippen LogP contribution in [0.3, 0.4) is 0 Å². The predicted octanol–water partition coefficient (Wildman–Crippen LogP) is 3.68. The molecule has 0 spiro atoms. The van der Waals surface area contributed by atoms with E-state index in [0.717, 1.165) is 0 Å². The Morgan fingerprint density at radius 3 is 2.24 bits per heavy atom. The van der Waals surface area contributed by atoms with Crippen LogP contribution in [0.1, 0.15) is 10.4 Å². The number of nitrogen functional groups attached to an aromatic ring is 1. The zero-order chi connectivity index (χ0) is 17.8. The standard InChI is InChI=1S/C19H17N3O3/c20-15-10-13(6-8-17(15)23)21-16-11-14(7-9-18(16)24)22-19(25)12-4-2-1-3-5-12/h1-11,21,23-24H,20H2,(H,22,25). The van der Waals surface area contributed by atoms with Crippen molar-refractivity contribution in [2.24, 2.45) is 0 Å². The lowest BCUT2D eigenvalue weighted by molar-refractivity contribution is 0.102. The van der Waals surface area contributed by atoms with Crippen molar-refractivity contribution in [2.75, 3.05) is 16.4 Å². The third-order valence-corrected chi connectivity index (χ3v) is 3.60. The minimum absolute atomic E-state index is 0.0151. The molecule has 1 amide bonds. The zero-order valence-corrected chi connectivity index (χ0v) is 13.2. The highest BCUT2D eigenvalue weighted by molar-refractivity contribution is 6.04. The van der Waals surface area contributed by atoms with E-state index in [4.69, 9.17) is 5.73 Å². The van der Waals surface area contributed by atoms with Crippen LogP contribution >= 0.6 is 0 Å². The van der Waals surface area contributed by atoms with Gasteiger partial charge < -0.3 is 26.6 Å². The molecule has 0 radical (unpaired) electrons. The van der Waals surface area contributed by atoms with Crippen molar-refractivity contribution in [3.8, 4) is 11.5 Å². The topological polar surface area (TPSA) is 108 Å². The van der Waals surface area contributed by atoms with Crippen LogP contribution in [0.25, 0.3) is 0 Å². The van der Waals surface area contributed by atoms with Crippen molar-refractivity contribution >= 4 is 28.7 Å². The molecule has 0 aliphatic heterocycles. The molecule has 0 saturated carbocycles. The summed E-state index contributed by atoms with van der Waals surface area (Å²) < 4.78 is 0. The van der Waals surface area contributed by atoms with Gasteiger partial charge in [-0.1, -0.05) is 18.2 Å². The van der Waals surface area contributed by atoms with Gasteiger partial charge in [0.1, 0.15) is 11.5 Å². The summed E-state index contributed by atoms with van der Waals surface area (Å²) in [6.07, 6.45) is 0. The molecule has 0 fully saturated rings. The molecule has 0 aliphatic carbocycles. The van der Waals surface area contributed by atoms with Crippen LogP contribution in [0.4, 0.5) is 22.7 Å². The summed E-state index contributed by atoms with van der Waals surface area (Å²) >= 11 is 0. The minimum Gasteiger partial charge on any atom is -0.506 e. The van der Waals surface area contributed by atoms with E-state index in [0.29, 0.717) is 22.6 Å². The highest BCUT2D eigenvalue weighted by Gasteiger charge is 2.09. The van der Waals surface area contributed by atoms with Gasteiger partial charge in [-0.3, -0.25) is 4.79 Å². The smallest absolute Gasteiger partial charge is 0.255 e. The second kappa shape index (κ2) is 6.84. The second-order valence-electron chi connectivity index (χ2n) is 5.45. The van der Waals surface area contributed by atoms with Crippen molar-refractivity contribution in [1.29, 1.82) is 0 Å². The fourth-order valence-corrected chi connectivity index (χ4v) is 2.29. The number of phenols is 2. The van der Waals surface area contributed by atoms with Crippen molar-refractivity contribution < 1.29 is 15.0 Å². The number of aromatic hydroxyl groups is 2. The number of nitrogens with two attached hydrogens (primary N) is 1. The molecule has 3 aromatic rings. The Kier molecular flexibility index (Phi) is 4.43. The average molecular weight is 335 g/mol. The largest absolute Gasteiger partial charge is 0.506 e. The lowest BCUT2D eigenvalue weighted by atomic mass is 10.2. The summed E-state index contributed by atoms with van der Waals surface area (Å²) in [6.45, 7) is 0. The maximum Gasteiger partial charge on any atom is 0.255 e. The molecule has 0 heterocycles. The van der Waals surface area contributed by atoms with Gasteiger partial charge in [-0.25, -0.2) is 0 Å². The minimum atomic E-state index is -0.244. The van der Waals surface area contributed by atoms with Gasteiger partial charge in [0.05, 0.1) is 11.4 Å². The van der Waals surface area contributed by atoms with Gasteiger partial charge in [0.2, 0.25) is 0 Å². The maximum absolute atomic E-state index is 12.2. The summed E-state index contributed by atoms with van der Waals surface area (Å²) in [5, 5.41) is 25.3. The van der Waals surface area contributed by atoms with Gasteiger partial charge in [0, 0.05) is 16.9 Å². The van der Waals surface area contributed by atoms with Crippen molar-refractivity contribution in [3.63, 3.8) is 0 Å². The van der Waals surface area contributed by atoms with Crippen LogP contribution in [0.5, 0.6) is 11.5 Å². The fourth-order valence-electron chi connectivity index (χ4n) is 2.29. The molecule has 0 aliphatic rings. The van der Waals surface area contributed by atoms with Crippen molar-refractivity contribution in [3.05, 3.63) is 72.3 Å². The monoisotopic (exact) mass is 335 g/mol. The molecule has 126 valence electrons. The first-order valence-electron chi connectivity index (χ1n) is 7.58. The van der Waals surface area contributed by atoms with Gasteiger partial charge in [-0.15, -0.1) is 0 Å². The molecule has 3 aromatic carbocycles. The highest BCUT2D eigenvalue weighted by Crippen LogP contribution is 2.32. The number of benzene rings is 3. The van der Waals surface area contributed by atoms with Crippen LogP contribution in [0.15, 0.2) is 66.7 Å². The van der Waals surface area contributed by atoms with Gasteiger partial charge in [0.25, 0.3) is 5.91 Å². The number of anilines is 4. The maximum atomic E-state index is 12.2. The molecule has 6 heteroatoms. The Morgan fingerprint density at radius 2 is 1.52 bits per heavy atom. The number of hydrogen-bond acceptors (Lipinski definition) is 5. The molecule has 0 aromatic heterocycles. The van der Waals surface area contributed by atoms with E-state index < -0.39 is 0 Å². The Hall–Kier alpha value is -3.67. The van der Waals surface area contributed by atoms with Crippen LogP contribution in [-0.2, 0) is 0 Å². The molecule has 6 nitrogen and oxygen atoms in total. The number of carbonyl (C=O) groups excluding carboxylic acids is 1. The Balaban J connectivity index is 1.80. The lowest BCUT2D eigenvalue weighted by Crippen LogP contribution is -2.11. The SMILES string of the molecule is Nc1cc(Nc2cc(NC(=O)c3ccccc3)ccc2O)ccc1O. The average Bonchev–Trinajstić information content (AvgIpc) is 2.62. The fraction of sp³-hybridized carbons (Fsp3) is 0. The van der Waals surface area contributed by atoms with E-state index in [2.05, 4.69) is 10.6 Å². The number of rotatable bonds is 4. The van der Waals surface area contributed by atoms with Crippen LogP contribution in [0, 0.1) is 0 Å². The number of hydrogen-bond donors (Lipinski definition) is 5. The first kappa shape index (κ1) is 16.2. The quantitative estimate of drug-likeness (QED) is 0.284. The summed E-state index contributed by atoms with van der Waals surface area (Å²) in [6, 6.07) is 18.2. The molecular weight excluding hydrogens is 318 g/mol. The molecular formula is C19H17N3O3. The first-order valence-corrected chi connectivity index (χ1v) is 7.58. The number of amides is 1. The van der Waals surface area contributed by atoms with Gasteiger partial charge in [0.15, 0.2) is 0 Å². The van der Waals surface area contributed by atoms with E-state index in [1.807, 2.05) is 6.07 Å². The molecule has 6 N–H and O–H groups in total. The summed E-state index contributed by atoms with van der Waals surface area (Å²) in [5.41, 5.74) is 7.94. The van der Waals surface area contributed by atoms with Crippen molar-refractivity contribution in [2.45, 2.75) is 0 Å². The number of nitrogens with one attached hydrogen (secondary N) is 2. The van der Waals surface area contributed by atoms with Gasteiger partial charge in [-0.2, -0.15) is 0 Å². The van der Waals surface area contributed by atoms with E-state index in [-0.39, 0.29) is 23.1 Å². The first-order chi connectivity index (χ1) is 12.0. The summed E-state index contributed by atoms with van der Waals surface area (Å²) in [5.74, 6) is -0.242. The zero-order valence-electron chi connectivity index (χ0n) is 13.2. The van der Waals surface area contributed by atoms with Gasteiger partial charge >= 0.3 is 0 Å². The van der Waals surface area contributed by atoms with Crippen LogP contribution in [-0.4, -0.2) is 16.1 Å². The van der Waals surface area contributed by atoms with E-state index >= 15 is 0 Å². The highest BCUT2D eigenvalue weighted by atomic mass is 16.3. The Bertz CT molecular complexity index is 911. The van der Waals surface area contributed by atoms with Crippen molar-refractivity contribution in [1.82, 2.24) is 0 Å². The molecule has 25 heavy (non-hydrogen) atoms. The van der Waals surface area contributed by atoms with Crippen LogP contribution in [0.2, 0.25) is 0 Å². The lowest BCUT2D eigenvalue weighted by Gasteiger charge is -2.12. The summed E-state index contributed by atoms with van der Waals surface area (Å²) in [7, 11) is 0. The predicted molar refractivity (Wildman–Crippen MR) is 98.3 cm³/mol.